The largest absolute Gasteiger partial charge is 0.418 e. The molecule has 12 heteroatoms. The molecule has 148 valence electrons. The Morgan fingerprint density at radius 1 is 1.21 bits per heavy atom. The van der Waals surface area contributed by atoms with Crippen molar-refractivity contribution < 1.29 is 18.0 Å². The Morgan fingerprint density at radius 3 is 2.54 bits per heavy atom. The summed E-state index contributed by atoms with van der Waals surface area (Å²) in [4.78, 5) is 40.5. The van der Waals surface area contributed by atoms with E-state index in [9.17, 15) is 27.6 Å². The minimum absolute atomic E-state index is 0.0214. The number of imidazole rings is 1. The topological polar surface area (TPSA) is 90.9 Å². The van der Waals surface area contributed by atoms with E-state index in [-0.39, 0.29) is 16.2 Å². The number of benzene rings is 1. The first-order valence-corrected chi connectivity index (χ1v) is 8.16. The molecule has 0 bridgehead atoms. The smallest absolute Gasteiger partial charge is 0.324 e. The predicted molar refractivity (Wildman–Crippen MR) is 95.3 cm³/mol. The number of aromatic nitrogens is 4. The van der Waals surface area contributed by atoms with Crippen molar-refractivity contribution in [1.82, 2.24) is 18.7 Å². The SMILES string of the molecule is Cn1c(=O)c2c(ncn2CC(=O)Nc2ccc(Cl)cc2C(F)(F)F)n(C)c1=O. The van der Waals surface area contributed by atoms with Crippen LogP contribution in [0.4, 0.5) is 18.9 Å². The quantitative estimate of drug-likeness (QED) is 0.705. The molecule has 8 nitrogen and oxygen atoms in total. The second-order valence-corrected chi connectivity index (χ2v) is 6.42. The van der Waals surface area contributed by atoms with E-state index in [2.05, 4.69) is 10.3 Å². The summed E-state index contributed by atoms with van der Waals surface area (Å²) in [5, 5.41) is 2.03. The van der Waals surface area contributed by atoms with Crippen LogP contribution >= 0.6 is 11.6 Å². The average Bonchev–Trinajstić information content (AvgIpc) is 3.02. The van der Waals surface area contributed by atoms with Gasteiger partial charge in [-0.15, -0.1) is 0 Å². The maximum Gasteiger partial charge on any atom is 0.418 e. The second kappa shape index (κ2) is 6.82. The van der Waals surface area contributed by atoms with Crippen molar-refractivity contribution in [3.8, 4) is 0 Å². The van der Waals surface area contributed by atoms with Gasteiger partial charge in [-0.3, -0.25) is 18.7 Å². The van der Waals surface area contributed by atoms with E-state index in [1.807, 2.05) is 0 Å². The number of carbonyl (C=O) groups is 1. The molecule has 2 aromatic heterocycles. The zero-order valence-electron chi connectivity index (χ0n) is 14.5. The number of hydrogen-bond donors (Lipinski definition) is 1. The second-order valence-electron chi connectivity index (χ2n) is 5.99. The molecule has 0 aliphatic carbocycles. The lowest BCUT2D eigenvalue weighted by Gasteiger charge is -2.14. The zero-order chi connectivity index (χ0) is 20.8. The molecule has 0 saturated heterocycles. The molecule has 2 heterocycles. The summed E-state index contributed by atoms with van der Waals surface area (Å²) in [5.41, 5.74) is -2.79. The number of amides is 1. The van der Waals surface area contributed by atoms with E-state index in [4.69, 9.17) is 11.6 Å². The fourth-order valence-electron chi connectivity index (χ4n) is 2.72. The molecule has 0 atom stereocenters. The summed E-state index contributed by atoms with van der Waals surface area (Å²) in [7, 11) is 2.68. The molecule has 0 aliphatic rings. The standard InChI is InChI=1S/C16H13ClF3N5O3/c1-23-13-12(14(27)24(2)15(23)28)25(7-21-13)6-11(26)22-10-4-3-8(17)5-9(10)16(18,19)20/h3-5,7H,6H2,1-2H3,(H,22,26). The third kappa shape index (κ3) is 3.40. The van der Waals surface area contributed by atoms with Gasteiger partial charge in [0, 0.05) is 19.1 Å². The van der Waals surface area contributed by atoms with Gasteiger partial charge in [0.15, 0.2) is 11.2 Å². The fourth-order valence-corrected chi connectivity index (χ4v) is 2.89. The van der Waals surface area contributed by atoms with Crippen molar-refractivity contribution in [2.24, 2.45) is 14.1 Å². The van der Waals surface area contributed by atoms with E-state index < -0.39 is 41.1 Å². The third-order valence-corrected chi connectivity index (χ3v) is 4.33. The summed E-state index contributed by atoms with van der Waals surface area (Å²) in [6, 6.07) is 2.96. The monoisotopic (exact) mass is 415 g/mol. The van der Waals surface area contributed by atoms with E-state index in [0.29, 0.717) is 6.07 Å². The maximum absolute atomic E-state index is 13.1. The van der Waals surface area contributed by atoms with E-state index in [1.54, 1.807) is 0 Å². The van der Waals surface area contributed by atoms with Gasteiger partial charge in [0.1, 0.15) is 6.54 Å². The molecule has 0 unspecified atom stereocenters. The number of nitrogens with one attached hydrogen (secondary N) is 1. The van der Waals surface area contributed by atoms with Gasteiger partial charge in [-0.05, 0) is 18.2 Å². The minimum Gasteiger partial charge on any atom is -0.324 e. The minimum atomic E-state index is -4.72. The Kier molecular flexibility index (Phi) is 4.79. The van der Waals surface area contributed by atoms with Crippen molar-refractivity contribution in [2.75, 3.05) is 5.32 Å². The molecule has 0 fully saturated rings. The fraction of sp³-hybridized carbons (Fsp3) is 0.250. The number of carbonyl (C=O) groups excluding carboxylic acids is 1. The van der Waals surface area contributed by atoms with Crippen LogP contribution in [0, 0.1) is 0 Å². The van der Waals surface area contributed by atoms with Crippen LogP contribution in [0.3, 0.4) is 0 Å². The van der Waals surface area contributed by atoms with E-state index in [0.717, 1.165) is 26.1 Å². The molecule has 0 radical (unpaired) electrons. The molecule has 28 heavy (non-hydrogen) atoms. The summed E-state index contributed by atoms with van der Waals surface area (Å²) >= 11 is 5.61. The van der Waals surface area contributed by atoms with Gasteiger partial charge < -0.3 is 9.88 Å². The Morgan fingerprint density at radius 2 is 1.89 bits per heavy atom. The number of fused-ring (bicyclic) bond motifs is 1. The molecule has 3 rings (SSSR count). The van der Waals surface area contributed by atoms with E-state index in [1.165, 1.54) is 20.2 Å². The van der Waals surface area contributed by atoms with Gasteiger partial charge in [0.05, 0.1) is 17.6 Å². The van der Waals surface area contributed by atoms with Crippen LogP contribution in [0.2, 0.25) is 5.02 Å². The summed E-state index contributed by atoms with van der Waals surface area (Å²) in [6.07, 6.45) is -3.55. The van der Waals surface area contributed by atoms with Gasteiger partial charge in [-0.2, -0.15) is 13.2 Å². The Labute approximate surface area is 159 Å². The average molecular weight is 416 g/mol. The maximum atomic E-state index is 13.1. The Bertz CT molecular complexity index is 1210. The molecule has 0 aliphatic heterocycles. The molecular weight excluding hydrogens is 403 g/mol. The molecule has 1 amide bonds. The molecule has 1 N–H and O–H groups in total. The van der Waals surface area contributed by atoms with Gasteiger partial charge in [0.25, 0.3) is 5.56 Å². The highest BCUT2D eigenvalue weighted by molar-refractivity contribution is 6.30. The summed E-state index contributed by atoms with van der Waals surface area (Å²) in [5.74, 6) is -0.817. The number of rotatable bonds is 3. The normalized spacial score (nSPS) is 11.8. The number of alkyl halides is 3. The van der Waals surface area contributed by atoms with Crippen molar-refractivity contribution in [3.05, 3.63) is 56.0 Å². The van der Waals surface area contributed by atoms with Crippen LogP contribution < -0.4 is 16.6 Å². The number of anilines is 1. The van der Waals surface area contributed by atoms with Crippen molar-refractivity contribution in [3.63, 3.8) is 0 Å². The van der Waals surface area contributed by atoms with Gasteiger partial charge >= 0.3 is 11.9 Å². The lowest BCUT2D eigenvalue weighted by atomic mass is 10.1. The molecule has 3 aromatic rings. The number of halogens is 4. The molecule has 0 spiro atoms. The Balaban J connectivity index is 1.96. The van der Waals surface area contributed by atoms with Crippen molar-refractivity contribution in [2.45, 2.75) is 12.7 Å². The van der Waals surface area contributed by atoms with Gasteiger partial charge in [0.2, 0.25) is 5.91 Å². The van der Waals surface area contributed by atoms with Gasteiger partial charge in [-0.25, -0.2) is 9.78 Å². The zero-order valence-corrected chi connectivity index (χ0v) is 15.3. The number of nitrogens with zero attached hydrogens (tertiary/aromatic N) is 4. The first-order valence-electron chi connectivity index (χ1n) is 7.78. The number of aryl methyl sites for hydroxylation is 1. The highest BCUT2D eigenvalue weighted by atomic mass is 35.5. The highest BCUT2D eigenvalue weighted by Crippen LogP contribution is 2.36. The predicted octanol–water partition coefficient (Wildman–Crippen LogP) is 1.74. The molecule has 0 saturated carbocycles. The first kappa shape index (κ1) is 19.7. The molecular formula is C16H13ClF3N5O3. The third-order valence-electron chi connectivity index (χ3n) is 4.09. The van der Waals surface area contributed by atoms with Gasteiger partial charge in [-0.1, -0.05) is 11.6 Å². The van der Waals surface area contributed by atoms with Crippen LogP contribution in [0.5, 0.6) is 0 Å². The van der Waals surface area contributed by atoms with Crippen LogP contribution in [0.1, 0.15) is 5.56 Å². The van der Waals surface area contributed by atoms with Crippen LogP contribution in [-0.4, -0.2) is 24.6 Å². The number of hydrogen-bond acceptors (Lipinski definition) is 4. The van der Waals surface area contributed by atoms with Crippen LogP contribution in [0.25, 0.3) is 11.2 Å². The molecule has 1 aromatic carbocycles. The lowest BCUT2D eigenvalue weighted by molar-refractivity contribution is -0.137. The van der Waals surface area contributed by atoms with Crippen molar-refractivity contribution >= 4 is 34.4 Å². The van der Waals surface area contributed by atoms with Crippen LogP contribution in [0.15, 0.2) is 34.1 Å². The van der Waals surface area contributed by atoms with E-state index >= 15 is 0 Å². The first-order chi connectivity index (χ1) is 13.0. The van der Waals surface area contributed by atoms with Crippen molar-refractivity contribution in [1.29, 1.82) is 0 Å². The summed E-state index contributed by atoms with van der Waals surface area (Å²) < 4.78 is 42.6. The Hall–Kier alpha value is -3.08. The highest BCUT2D eigenvalue weighted by Gasteiger charge is 2.34. The van der Waals surface area contributed by atoms with Crippen LogP contribution in [-0.2, 0) is 31.6 Å². The summed E-state index contributed by atoms with van der Waals surface area (Å²) in [6.45, 7) is -0.482. The lowest BCUT2D eigenvalue weighted by Crippen LogP contribution is -2.37.